The van der Waals surface area contributed by atoms with Gasteiger partial charge < -0.3 is 0 Å². The van der Waals surface area contributed by atoms with Crippen LogP contribution in [0.15, 0.2) is 47.4 Å². The molecule has 0 aliphatic heterocycles. The molecule has 0 spiro atoms. The van der Waals surface area contributed by atoms with E-state index in [1.54, 1.807) is 18.2 Å². The molecule has 0 saturated carbocycles. The van der Waals surface area contributed by atoms with Crippen molar-refractivity contribution >= 4 is 27.3 Å². The molecule has 0 aliphatic carbocycles. The molecule has 102 valence electrons. The van der Waals surface area contributed by atoms with Crippen LogP contribution in [0.1, 0.15) is 11.1 Å². The van der Waals surface area contributed by atoms with Crippen LogP contribution in [-0.4, -0.2) is 8.42 Å². The molecule has 4 nitrogen and oxygen atoms in total. The predicted octanol–water partition coefficient (Wildman–Crippen LogP) is 3.32. The van der Waals surface area contributed by atoms with Gasteiger partial charge in [0.05, 0.1) is 27.2 Å². The molecule has 0 fully saturated rings. The van der Waals surface area contributed by atoms with Crippen LogP contribution in [0.25, 0.3) is 0 Å². The number of rotatable bonds is 3. The van der Waals surface area contributed by atoms with E-state index in [1.165, 1.54) is 24.3 Å². The molecule has 0 aliphatic rings. The lowest BCUT2D eigenvalue weighted by Crippen LogP contribution is -2.13. The number of benzene rings is 2. The molecule has 0 radical (unpaired) electrons. The topological polar surface area (TPSA) is 70.0 Å². The Balaban J connectivity index is 2.38. The van der Waals surface area contributed by atoms with Crippen LogP contribution in [0.4, 0.5) is 5.69 Å². The van der Waals surface area contributed by atoms with Gasteiger partial charge in [0, 0.05) is 0 Å². The van der Waals surface area contributed by atoms with Gasteiger partial charge in [-0.1, -0.05) is 23.7 Å². The summed E-state index contributed by atoms with van der Waals surface area (Å²) in [6.45, 7) is 1.86. The zero-order chi connectivity index (χ0) is 14.8. The zero-order valence-corrected chi connectivity index (χ0v) is 12.2. The highest BCUT2D eigenvalue weighted by Gasteiger charge is 2.16. The minimum Gasteiger partial charge on any atom is -0.278 e. The van der Waals surface area contributed by atoms with E-state index >= 15 is 0 Å². The largest absolute Gasteiger partial charge is 0.278 e. The van der Waals surface area contributed by atoms with Gasteiger partial charge in [-0.3, -0.25) is 4.72 Å². The number of hydrogen-bond acceptors (Lipinski definition) is 3. The minimum absolute atomic E-state index is 0.0215. The van der Waals surface area contributed by atoms with E-state index in [9.17, 15) is 8.42 Å². The quantitative estimate of drug-likeness (QED) is 0.945. The highest BCUT2D eigenvalue weighted by molar-refractivity contribution is 7.92. The van der Waals surface area contributed by atoms with Crippen molar-refractivity contribution in [3.05, 3.63) is 58.6 Å². The molecule has 20 heavy (non-hydrogen) atoms. The third-order valence-electron chi connectivity index (χ3n) is 2.64. The Labute approximate surface area is 122 Å². The SMILES string of the molecule is Cc1ccc(NS(=O)(=O)c2cccc(C#N)c2)c(Cl)c1. The van der Waals surface area contributed by atoms with E-state index in [1.807, 2.05) is 13.0 Å². The van der Waals surface area contributed by atoms with E-state index in [-0.39, 0.29) is 10.5 Å². The molecule has 0 saturated heterocycles. The second-order valence-corrected chi connectivity index (χ2v) is 6.32. The molecule has 0 amide bonds. The number of hydrogen-bond donors (Lipinski definition) is 1. The predicted molar refractivity (Wildman–Crippen MR) is 78.2 cm³/mol. The molecule has 0 bridgehead atoms. The van der Waals surface area contributed by atoms with Gasteiger partial charge in [0.1, 0.15) is 0 Å². The van der Waals surface area contributed by atoms with Gasteiger partial charge in [-0.05, 0) is 42.8 Å². The summed E-state index contributed by atoms with van der Waals surface area (Å²) in [4.78, 5) is 0.0215. The average molecular weight is 307 g/mol. The Morgan fingerprint density at radius 2 is 1.95 bits per heavy atom. The fourth-order valence-corrected chi connectivity index (χ4v) is 3.10. The zero-order valence-electron chi connectivity index (χ0n) is 10.6. The fraction of sp³-hybridized carbons (Fsp3) is 0.0714. The highest BCUT2D eigenvalue weighted by Crippen LogP contribution is 2.25. The summed E-state index contributed by atoms with van der Waals surface area (Å²) in [7, 11) is -3.77. The number of sulfonamides is 1. The molecule has 6 heteroatoms. The number of halogens is 1. The van der Waals surface area contributed by atoms with Gasteiger partial charge in [-0.2, -0.15) is 5.26 Å². The smallest absolute Gasteiger partial charge is 0.261 e. The second kappa shape index (κ2) is 5.53. The lowest BCUT2D eigenvalue weighted by atomic mass is 10.2. The Morgan fingerprint density at radius 1 is 1.20 bits per heavy atom. The maximum Gasteiger partial charge on any atom is 0.261 e. The van der Waals surface area contributed by atoms with Crippen LogP contribution in [0.5, 0.6) is 0 Å². The molecular weight excluding hydrogens is 296 g/mol. The third kappa shape index (κ3) is 3.10. The van der Waals surface area contributed by atoms with Gasteiger partial charge in [-0.15, -0.1) is 0 Å². The first-order chi connectivity index (χ1) is 9.42. The van der Waals surface area contributed by atoms with Gasteiger partial charge in [-0.25, -0.2) is 8.42 Å². The van der Waals surface area contributed by atoms with Crippen molar-refractivity contribution in [1.82, 2.24) is 0 Å². The summed E-state index contributed by atoms with van der Waals surface area (Å²) in [5.41, 5.74) is 1.52. The van der Waals surface area contributed by atoms with Crippen molar-refractivity contribution in [1.29, 1.82) is 5.26 Å². The summed E-state index contributed by atoms with van der Waals surface area (Å²) < 4.78 is 26.9. The molecule has 0 heterocycles. The van der Waals surface area contributed by atoms with Gasteiger partial charge in [0.15, 0.2) is 0 Å². The maximum absolute atomic E-state index is 12.2. The monoisotopic (exact) mass is 306 g/mol. The molecular formula is C14H11ClN2O2S. The lowest BCUT2D eigenvalue weighted by molar-refractivity contribution is 0.601. The summed E-state index contributed by atoms with van der Waals surface area (Å²) in [5, 5.41) is 9.13. The van der Waals surface area contributed by atoms with Crippen molar-refractivity contribution in [2.45, 2.75) is 11.8 Å². The van der Waals surface area contributed by atoms with Crippen LogP contribution in [0.3, 0.4) is 0 Å². The maximum atomic E-state index is 12.2. The number of nitrogens with zero attached hydrogens (tertiary/aromatic N) is 1. The Hall–Kier alpha value is -2.03. The van der Waals surface area contributed by atoms with Crippen LogP contribution >= 0.6 is 11.6 Å². The number of nitrogens with one attached hydrogen (secondary N) is 1. The first-order valence-electron chi connectivity index (χ1n) is 5.71. The molecule has 0 atom stereocenters. The molecule has 2 aromatic rings. The first kappa shape index (κ1) is 14.4. The standard InChI is InChI=1S/C14H11ClN2O2S/c1-10-5-6-14(13(15)7-10)17-20(18,19)12-4-2-3-11(8-12)9-16/h2-8,17H,1H3. The van der Waals surface area contributed by atoms with Crippen molar-refractivity contribution < 1.29 is 8.42 Å². The van der Waals surface area contributed by atoms with Gasteiger partial charge in [0.25, 0.3) is 10.0 Å². The average Bonchev–Trinajstić information content (AvgIpc) is 2.42. The summed E-state index contributed by atoms with van der Waals surface area (Å²) >= 11 is 6.00. The number of anilines is 1. The summed E-state index contributed by atoms with van der Waals surface area (Å²) in [6, 6.07) is 12.7. The van der Waals surface area contributed by atoms with Crippen LogP contribution in [-0.2, 0) is 10.0 Å². The Bertz CT molecular complexity index is 795. The van der Waals surface area contributed by atoms with Crippen LogP contribution < -0.4 is 4.72 Å². The van der Waals surface area contributed by atoms with E-state index in [0.717, 1.165) is 5.56 Å². The van der Waals surface area contributed by atoms with Crippen molar-refractivity contribution in [3.8, 4) is 6.07 Å². The fourth-order valence-electron chi connectivity index (χ4n) is 1.64. The molecule has 2 aromatic carbocycles. The molecule has 0 unspecified atom stereocenters. The minimum atomic E-state index is -3.77. The molecule has 2 rings (SSSR count). The van der Waals surface area contributed by atoms with Crippen LogP contribution in [0, 0.1) is 18.3 Å². The third-order valence-corrected chi connectivity index (χ3v) is 4.32. The van der Waals surface area contributed by atoms with E-state index in [2.05, 4.69) is 4.72 Å². The molecule has 1 N–H and O–H groups in total. The molecule has 0 aromatic heterocycles. The number of aryl methyl sites for hydroxylation is 1. The van der Waals surface area contributed by atoms with Crippen molar-refractivity contribution in [2.24, 2.45) is 0 Å². The van der Waals surface area contributed by atoms with Crippen molar-refractivity contribution in [3.63, 3.8) is 0 Å². The van der Waals surface area contributed by atoms with E-state index < -0.39 is 10.0 Å². The summed E-state index contributed by atoms with van der Waals surface area (Å²) in [5.74, 6) is 0. The normalized spacial score (nSPS) is 10.8. The lowest BCUT2D eigenvalue weighted by Gasteiger charge is -2.10. The van der Waals surface area contributed by atoms with E-state index in [4.69, 9.17) is 16.9 Å². The Kier molecular flexibility index (Phi) is 3.98. The van der Waals surface area contributed by atoms with Gasteiger partial charge >= 0.3 is 0 Å². The summed E-state index contributed by atoms with van der Waals surface area (Å²) in [6.07, 6.45) is 0. The van der Waals surface area contributed by atoms with Crippen LogP contribution in [0.2, 0.25) is 5.02 Å². The second-order valence-electron chi connectivity index (χ2n) is 4.23. The highest BCUT2D eigenvalue weighted by atomic mass is 35.5. The van der Waals surface area contributed by atoms with Gasteiger partial charge in [0.2, 0.25) is 0 Å². The first-order valence-corrected chi connectivity index (χ1v) is 7.57. The van der Waals surface area contributed by atoms with E-state index in [0.29, 0.717) is 10.7 Å². The Morgan fingerprint density at radius 3 is 2.60 bits per heavy atom. The number of nitriles is 1. The van der Waals surface area contributed by atoms with Crippen molar-refractivity contribution in [2.75, 3.05) is 4.72 Å².